The number of benzene rings is 1. The number of fused-ring (bicyclic) bond motifs is 1. The van der Waals surface area contributed by atoms with Gasteiger partial charge in [0, 0.05) is 16.0 Å². The van der Waals surface area contributed by atoms with Crippen molar-refractivity contribution in [3.8, 4) is 0 Å². The predicted molar refractivity (Wildman–Crippen MR) is 100 cm³/mol. The summed E-state index contributed by atoms with van der Waals surface area (Å²) in [5, 5.41) is 0. The molecule has 0 aliphatic heterocycles. The lowest BCUT2D eigenvalue weighted by molar-refractivity contribution is 0.146. The van der Waals surface area contributed by atoms with E-state index in [0.29, 0.717) is 0 Å². The minimum Gasteiger partial charge on any atom is -0.255 e. The molecule has 2 saturated carbocycles. The first-order chi connectivity index (χ1) is 11.4. The molecule has 0 radical (unpaired) electrons. The third-order valence-electron chi connectivity index (χ3n) is 5.68. The van der Waals surface area contributed by atoms with Crippen molar-refractivity contribution in [3.05, 3.63) is 52.2 Å². The van der Waals surface area contributed by atoms with E-state index in [1.54, 1.807) is 4.88 Å². The van der Waals surface area contributed by atoms with Gasteiger partial charge in [-0.25, -0.2) is 0 Å². The first-order valence-corrected chi connectivity index (χ1v) is 9.90. The maximum atomic E-state index is 4.60. The van der Waals surface area contributed by atoms with Crippen LogP contribution in [0, 0.1) is 11.8 Å². The summed E-state index contributed by atoms with van der Waals surface area (Å²) in [5.74, 6) is 2.78. The summed E-state index contributed by atoms with van der Waals surface area (Å²) >= 11 is 1.97. The van der Waals surface area contributed by atoms with E-state index in [1.165, 1.54) is 49.8 Å². The maximum Gasteiger partial charge on any atom is 0.0630 e. The van der Waals surface area contributed by atoms with Gasteiger partial charge in [-0.15, -0.1) is 11.3 Å². The first kappa shape index (κ1) is 15.1. The summed E-state index contributed by atoms with van der Waals surface area (Å²) in [7, 11) is 0. The molecule has 0 spiro atoms. The normalized spacial score (nSPS) is 27.9. The SMILES string of the molecule is C(=N\c1ccccc1)/c1ccc(C2CCCC3CCCCC32)s1. The summed E-state index contributed by atoms with van der Waals surface area (Å²) in [5.41, 5.74) is 1.03. The van der Waals surface area contributed by atoms with E-state index in [1.807, 2.05) is 35.8 Å². The molecule has 2 aromatic rings. The Morgan fingerprint density at radius 1 is 0.870 bits per heavy atom. The molecule has 120 valence electrons. The Kier molecular flexibility index (Phi) is 4.61. The summed E-state index contributed by atoms with van der Waals surface area (Å²) < 4.78 is 0. The van der Waals surface area contributed by atoms with E-state index in [2.05, 4.69) is 29.3 Å². The summed E-state index contributed by atoms with van der Waals surface area (Å²) in [6, 6.07) is 14.9. The molecule has 3 unspecified atom stereocenters. The molecular weight excluding hydrogens is 298 g/mol. The zero-order chi connectivity index (χ0) is 15.5. The van der Waals surface area contributed by atoms with Crippen LogP contribution in [0.4, 0.5) is 5.69 Å². The molecule has 0 N–H and O–H groups in total. The molecule has 1 heterocycles. The molecule has 2 aliphatic carbocycles. The number of rotatable bonds is 3. The van der Waals surface area contributed by atoms with Crippen LogP contribution in [0.5, 0.6) is 0 Å². The summed E-state index contributed by atoms with van der Waals surface area (Å²) in [4.78, 5) is 7.50. The number of hydrogen-bond donors (Lipinski definition) is 0. The molecule has 1 aromatic heterocycles. The fourth-order valence-corrected chi connectivity index (χ4v) is 5.67. The standard InChI is InChI=1S/C21H25NS/c1-2-9-17(10-3-1)22-15-18-13-14-21(23-18)20-12-6-8-16-7-4-5-11-19(16)20/h1-3,9-10,13-16,19-20H,4-8,11-12H2/b22-15+. The zero-order valence-corrected chi connectivity index (χ0v) is 14.5. The quantitative estimate of drug-likeness (QED) is 0.566. The molecule has 23 heavy (non-hydrogen) atoms. The van der Waals surface area contributed by atoms with E-state index >= 15 is 0 Å². The highest BCUT2D eigenvalue weighted by atomic mass is 32.1. The molecule has 2 aliphatic rings. The van der Waals surface area contributed by atoms with Crippen molar-refractivity contribution in [2.24, 2.45) is 16.8 Å². The molecule has 4 rings (SSSR count). The van der Waals surface area contributed by atoms with Gasteiger partial charge in [0.15, 0.2) is 0 Å². The van der Waals surface area contributed by atoms with Gasteiger partial charge in [0.2, 0.25) is 0 Å². The maximum absolute atomic E-state index is 4.60. The van der Waals surface area contributed by atoms with E-state index in [9.17, 15) is 0 Å². The van der Waals surface area contributed by atoms with Crippen LogP contribution in [0.25, 0.3) is 0 Å². The molecule has 1 nitrogen and oxygen atoms in total. The molecule has 0 bridgehead atoms. The van der Waals surface area contributed by atoms with Crippen molar-refractivity contribution in [1.82, 2.24) is 0 Å². The second-order valence-electron chi connectivity index (χ2n) is 7.08. The van der Waals surface area contributed by atoms with Gasteiger partial charge in [0.25, 0.3) is 0 Å². The largest absolute Gasteiger partial charge is 0.255 e. The fraction of sp³-hybridized carbons (Fsp3) is 0.476. The van der Waals surface area contributed by atoms with Crippen molar-refractivity contribution in [1.29, 1.82) is 0 Å². The second-order valence-corrected chi connectivity index (χ2v) is 8.23. The fourth-order valence-electron chi connectivity index (χ4n) is 4.58. The van der Waals surface area contributed by atoms with Gasteiger partial charge >= 0.3 is 0 Å². The van der Waals surface area contributed by atoms with Gasteiger partial charge in [-0.05, 0) is 54.9 Å². The Morgan fingerprint density at radius 2 is 1.70 bits per heavy atom. The molecule has 2 heteroatoms. The summed E-state index contributed by atoms with van der Waals surface area (Å²) in [6.45, 7) is 0. The first-order valence-electron chi connectivity index (χ1n) is 9.09. The van der Waals surface area contributed by atoms with Crippen molar-refractivity contribution in [3.63, 3.8) is 0 Å². The minimum atomic E-state index is 0.818. The van der Waals surface area contributed by atoms with Crippen molar-refractivity contribution in [2.45, 2.75) is 50.9 Å². The van der Waals surface area contributed by atoms with Crippen LogP contribution in [0.1, 0.15) is 60.6 Å². The van der Waals surface area contributed by atoms with E-state index in [4.69, 9.17) is 0 Å². The van der Waals surface area contributed by atoms with E-state index in [-0.39, 0.29) is 0 Å². The minimum absolute atomic E-state index is 0.818. The van der Waals surface area contributed by atoms with Crippen LogP contribution in [0.3, 0.4) is 0 Å². The molecule has 2 fully saturated rings. The Morgan fingerprint density at radius 3 is 2.61 bits per heavy atom. The van der Waals surface area contributed by atoms with Crippen molar-refractivity contribution < 1.29 is 0 Å². The number of thiophene rings is 1. The topological polar surface area (TPSA) is 12.4 Å². The second kappa shape index (κ2) is 7.00. The van der Waals surface area contributed by atoms with Gasteiger partial charge in [0.05, 0.1) is 5.69 Å². The van der Waals surface area contributed by atoms with Gasteiger partial charge < -0.3 is 0 Å². The highest BCUT2D eigenvalue weighted by molar-refractivity contribution is 7.13. The molecule has 1 aromatic carbocycles. The number of aliphatic imine (C=N–C) groups is 1. The monoisotopic (exact) mass is 323 g/mol. The van der Waals surface area contributed by atoms with E-state index in [0.717, 1.165) is 23.4 Å². The van der Waals surface area contributed by atoms with Crippen LogP contribution < -0.4 is 0 Å². The summed E-state index contributed by atoms with van der Waals surface area (Å²) in [6.07, 6.45) is 12.2. The average molecular weight is 324 g/mol. The number of para-hydroxylation sites is 1. The van der Waals surface area contributed by atoms with Gasteiger partial charge in [-0.1, -0.05) is 50.3 Å². The van der Waals surface area contributed by atoms with Crippen LogP contribution in [0.2, 0.25) is 0 Å². The molecule has 0 saturated heterocycles. The van der Waals surface area contributed by atoms with Gasteiger partial charge in [-0.2, -0.15) is 0 Å². The van der Waals surface area contributed by atoms with Crippen LogP contribution >= 0.6 is 11.3 Å². The molecular formula is C21H25NS. The Balaban J connectivity index is 1.50. The predicted octanol–water partition coefficient (Wildman–Crippen LogP) is 6.57. The van der Waals surface area contributed by atoms with Crippen LogP contribution in [-0.4, -0.2) is 6.21 Å². The molecule has 0 amide bonds. The lowest BCUT2D eigenvalue weighted by atomic mass is 9.65. The van der Waals surface area contributed by atoms with Gasteiger partial charge in [-0.3, -0.25) is 4.99 Å². The van der Waals surface area contributed by atoms with Crippen LogP contribution in [-0.2, 0) is 0 Å². The van der Waals surface area contributed by atoms with Crippen molar-refractivity contribution >= 4 is 23.2 Å². The Bertz CT molecular complexity index is 655. The lowest BCUT2D eigenvalue weighted by Gasteiger charge is -2.41. The number of hydrogen-bond acceptors (Lipinski definition) is 2. The Hall–Kier alpha value is -1.41. The highest BCUT2D eigenvalue weighted by Crippen LogP contribution is 2.49. The smallest absolute Gasteiger partial charge is 0.0630 e. The van der Waals surface area contributed by atoms with Gasteiger partial charge in [0.1, 0.15) is 0 Å². The third-order valence-corrected chi connectivity index (χ3v) is 6.84. The average Bonchev–Trinajstić information content (AvgIpc) is 3.09. The van der Waals surface area contributed by atoms with Crippen LogP contribution in [0.15, 0.2) is 47.5 Å². The number of nitrogens with zero attached hydrogens (tertiary/aromatic N) is 1. The lowest BCUT2D eigenvalue weighted by Crippen LogP contribution is -2.29. The Labute approximate surface area is 143 Å². The molecule has 3 atom stereocenters. The highest BCUT2D eigenvalue weighted by Gasteiger charge is 2.35. The van der Waals surface area contributed by atoms with E-state index < -0.39 is 0 Å². The zero-order valence-electron chi connectivity index (χ0n) is 13.7. The van der Waals surface area contributed by atoms with Crippen molar-refractivity contribution in [2.75, 3.05) is 0 Å². The third kappa shape index (κ3) is 3.42.